The summed E-state index contributed by atoms with van der Waals surface area (Å²) in [4.78, 5) is 14.0. The summed E-state index contributed by atoms with van der Waals surface area (Å²) >= 11 is 0. The highest BCUT2D eigenvalue weighted by atomic mass is 35.5. The fraction of sp³-hybridized carbons (Fsp3) is 0.909. The molecule has 2 rings (SSSR count). The van der Waals surface area contributed by atoms with Crippen molar-refractivity contribution in [1.29, 1.82) is 0 Å². The maximum Gasteiger partial charge on any atom is 0.253 e. The minimum atomic E-state index is -0.239. The van der Waals surface area contributed by atoms with Crippen LogP contribution in [0.3, 0.4) is 0 Å². The first-order valence-electron chi connectivity index (χ1n) is 5.99. The minimum Gasteiger partial charge on any atom is -0.366 e. The molecule has 5 heteroatoms. The predicted octanol–water partition coefficient (Wildman–Crippen LogP) is 0.799. The fourth-order valence-corrected chi connectivity index (χ4v) is 2.22. The van der Waals surface area contributed by atoms with Crippen LogP contribution in [0.1, 0.15) is 25.7 Å². The molecule has 2 fully saturated rings. The summed E-state index contributed by atoms with van der Waals surface area (Å²) in [7, 11) is 0. The van der Waals surface area contributed by atoms with Gasteiger partial charge in [-0.3, -0.25) is 4.79 Å². The summed E-state index contributed by atoms with van der Waals surface area (Å²) in [5.41, 5.74) is 0. The first-order chi connectivity index (χ1) is 7.38. The molecular formula is C11H21ClN2O2. The van der Waals surface area contributed by atoms with E-state index in [1.54, 1.807) is 0 Å². The Kier molecular flexibility index (Phi) is 6.09. The third-order valence-electron chi connectivity index (χ3n) is 3.12. The Morgan fingerprint density at radius 1 is 1.19 bits per heavy atom. The van der Waals surface area contributed by atoms with Crippen molar-refractivity contribution in [3.63, 3.8) is 0 Å². The molecule has 0 aromatic heterocycles. The third kappa shape index (κ3) is 3.61. The zero-order chi connectivity index (χ0) is 10.5. The molecule has 0 aromatic rings. The van der Waals surface area contributed by atoms with Crippen LogP contribution in [0.4, 0.5) is 0 Å². The number of amides is 1. The van der Waals surface area contributed by atoms with Crippen molar-refractivity contribution < 1.29 is 9.53 Å². The van der Waals surface area contributed by atoms with Gasteiger partial charge in [-0.2, -0.15) is 0 Å². The number of carbonyl (C=O) groups is 1. The minimum absolute atomic E-state index is 0. The van der Waals surface area contributed by atoms with E-state index in [1.807, 2.05) is 4.90 Å². The number of nitrogens with one attached hydrogen (secondary N) is 1. The Labute approximate surface area is 103 Å². The molecule has 1 amide bonds. The number of hydrogen-bond donors (Lipinski definition) is 1. The molecule has 0 spiro atoms. The molecule has 1 atom stereocenters. The second kappa shape index (κ2) is 7.09. The maximum atomic E-state index is 12.1. The van der Waals surface area contributed by atoms with Gasteiger partial charge in [-0.1, -0.05) is 12.8 Å². The zero-order valence-corrected chi connectivity index (χ0v) is 10.4. The topological polar surface area (TPSA) is 41.6 Å². The number of halogens is 1. The number of morpholine rings is 1. The van der Waals surface area contributed by atoms with E-state index in [1.165, 1.54) is 12.8 Å². The Morgan fingerprint density at radius 2 is 1.88 bits per heavy atom. The smallest absolute Gasteiger partial charge is 0.253 e. The molecular weight excluding hydrogens is 228 g/mol. The highest BCUT2D eigenvalue weighted by molar-refractivity contribution is 5.85. The van der Waals surface area contributed by atoms with E-state index in [0.29, 0.717) is 13.2 Å². The van der Waals surface area contributed by atoms with E-state index in [4.69, 9.17) is 4.74 Å². The van der Waals surface area contributed by atoms with E-state index >= 15 is 0 Å². The molecule has 0 aliphatic carbocycles. The first kappa shape index (κ1) is 13.7. The summed E-state index contributed by atoms with van der Waals surface area (Å²) < 4.78 is 5.48. The number of rotatable bonds is 1. The summed E-state index contributed by atoms with van der Waals surface area (Å²) in [6.45, 7) is 4.03. The number of hydrogen-bond acceptors (Lipinski definition) is 3. The van der Waals surface area contributed by atoms with Crippen molar-refractivity contribution in [3.05, 3.63) is 0 Å². The van der Waals surface area contributed by atoms with E-state index in [2.05, 4.69) is 5.32 Å². The fourth-order valence-electron chi connectivity index (χ4n) is 2.22. The average molecular weight is 249 g/mol. The molecule has 2 saturated heterocycles. The quantitative estimate of drug-likeness (QED) is 0.747. The van der Waals surface area contributed by atoms with Crippen LogP contribution in [0.5, 0.6) is 0 Å². The molecule has 16 heavy (non-hydrogen) atoms. The first-order valence-corrected chi connectivity index (χ1v) is 5.99. The van der Waals surface area contributed by atoms with Crippen LogP contribution in [-0.4, -0.2) is 49.7 Å². The second-order valence-corrected chi connectivity index (χ2v) is 4.30. The molecule has 94 valence electrons. The normalized spacial score (nSPS) is 26.8. The third-order valence-corrected chi connectivity index (χ3v) is 3.12. The summed E-state index contributed by atoms with van der Waals surface area (Å²) in [5.74, 6) is 0.184. The molecule has 4 nitrogen and oxygen atoms in total. The zero-order valence-electron chi connectivity index (χ0n) is 9.61. The maximum absolute atomic E-state index is 12.1. The summed E-state index contributed by atoms with van der Waals surface area (Å²) in [6, 6.07) is 0. The lowest BCUT2D eigenvalue weighted by atomic mass is 10.2. The van der Waals surface area contributed by atoms with E-state index in [9.17, 15) is 4.79 Å². The van der Waals surface area contributed by atoms with Gasteiger partial charge in [0.25, 0.3) is 5.91 Å². The van der Waals surface area contributed by atoms with Gasteiger partial charge in [0.05, 0.1) is 6.61 Å². The lowest BCUT2D eigenvalue weighted by molar-refractivity contribution is -0.145. The van der Waals surface area contributed by atoms with Crippen molar-refractivity contribution in [3.8, 4) is 0 Å². The monoisotopic (exact) mass is 248 g/mol. The number of carbonyl (C=O) groups excluding carboxylic acids is 1. The van der Waals surface area contributed by atoms with Crippen molar-refractivity contribution >= 4 is 18.3 Å². The van der Waals surface area contributed by atoms with Gasteiger partial charge < -0.3 is 15.0 Å². The molecule has 0 bridgehead atoms. The van der Waals surface area contributed by atoms with Gasteiger partial charge in [-0.15, -0.1) is 12.4 Å². The Morgan fingerprint density at radius 3 is 2.44 bits per heavy atom. The van der Waals surface area contributed by atoms with Crippen molar-refractivity contribution in [2.75, 3.05) is 32.8 Å². The van der Waals surface area contributed by atoms with Gasteiger partial charge in [-0.05, 0) is 12.8 Å². The lowest BCUT2D eigenvalue weighted by Crippen LogP contribution is -2.49. The van der Waals surface area contributed by atoms with Crippen LogP contribution < -0.4 is 5.32 Å². The number of nitrogens with zero attached hydrogens (tertiary/aromatic N) is 1. The average Bonchev–Trinajstić information content (AvgIpc) is 2.58. The van der Waals surface area contributed by atoms with Crippen LogP contribution >= 0.6 is 12.4 Å². The summed E-state index contributed by atoms with van der Waals surface area (Å²) in [5, 5.41) is 3.20. The van der Waals surface area contributed by atoms with Gasteiger partial charge in [-0.25, -0.2) is 0 Å². The predicted molar refractivity (Wildman–Crippen MR) is 64.9 cm³/mol. The summed E-state index contributed by atoms with van der Waals surface area (Å²) in [6.07, 6.45) is 4.57. The highest BCUT2D eigenvalue weighted by Crippen LogP contribution is 2.12. The highest BCUT2D eigenvalue weighted by Gasteiger charge is 2.26. The van der Waals surface area contributed by atoms with Crippen LogP contribution in [-0.2, 0) is 9.53 Å². The second-order valence-electron chi connectivity index (χ2n) is 4.30. The van der Waals surface area contributed by atoms with Crippen LogP contribution in [0.2, 0.25) is 0 Å². The molecule has 2 aliphatic rings. The van der Waals surface area contributed by atoms with Crippen LogP contribution in [0.25, 0.3) is 0 Å². The van der Waals surface area contributed by atoms with E-state index in [-0.39, 0.29) is 24.4 Å². The largest absolute Gasteiger partial charge is 0.366 e. The van der Waals surface area contributed by atoms with Crippen molar-refractivity contribution in [2.45, 2.75) is 31.8 Å². The molecule has 2 heterocycles. The van der Waals surface area contributed by atoms with Crippen LogP contribution in [0.15, 0.2) is 0 Å². The van der Waals surface area contributed by atoms with Gasteiger partial charge in [0.1, 0.15) is 6.10 Å². The lowest BCUT2D eigenvalue weighted by Gasteiger charge is -2.28. The van der Waals surface area contributed by atoms with Gasteiger partial charge in [0.15, 0.2) is 0 Å². The Bertz CT molecular complexity index is 212. The van der Waals surface area contributed by atoms with Crippen LogP contribution in [0, 0.1) is 0 Å². The molecule has 1 unspecified atom stereocenters. The number of likely N-dealkylation sites (tertiary alicyclic amines) is 1. The van der Waals surface area contributed by atoms with Gasteiger partial charge in [0.2, 0.25) is 0 Å². The SMILES string of the molecule is Cl.O=C(C1CNCCO1)N1CCCCCC1. The number of ether oxygens (including phenoxy) is 1. The standard InChI is InChI=1S/C11H20N2O2.ClH/c14-11(10-9-12-5-8-15-10)13-6-3-1-2-4-7-13;/h10,12H,1-9H2;1H. The van der Waals surface area contributed by atoms with Crippen molar-refractivity contribution in [2.24, 2.45) is 0 Å². The molecule has 0 radical (unpaired) electrons. The molecule has 1 N–H and O–H groups in total. The van der Waals surface area contributed by atoms with Gasteiger partial charge in [0, 0.05) is 26.2 Å². The Balaban J connectivity index is 0.00000128. The van der Waals surface area contributed by atoms with Crippen molar-refractivity contribution in [1.82, 2.24) is 10.2 Å². The molecule has 0 saturated carbocycles. The molecule has 0 aromatic carbocycles. The molecule has 2 aliphatic heterocycles. The van der Waals surface area contributed by atoms with E-state index in [0.717, 1.165) is 32.5 Å². The van der Waals surface area contributed by atoms with Gasteiger partial charge >= 0.3 is 0 Å². The van der Waals surface area contributed by atoms with E-state index < -0.39 is 0 Å². The Hall–Kier alpha value is -0.320.